The van der Waals surface area contributed by atoms with Gasteiger partial charge in [0.1, 0.15) is 5.82 Å². The van der Waals surface area contributed by atoms with Crippen molar-refractivity contribution in [3.05, 3.63) is 64.6 Å². The van der Waals surface area contributed by atoms with Crippen molar-refractivity contribution in [2.75, 3.05) is 11.9 Å². The number of imidazole rings is 1. The summed E-state index contributed by atoms with van der Waals surface area (Å²) in [6.45, 7) is 1.71. The molecule has 0 fully saturated rings. The fraction of sp³-hybridized carbons (Fsp3) is 0.118. The van der Waals surface area contributed by atoms with Crippen LogP contribution >= 0.6 is 11.3 Å². The van der Waals surface area contributed by atoms with Gasteiger partial charge < -0.3 is 15.2 Å². The zero-order chi connectivity index (χ0) is 17.8. The van der Waals surface area contributed by atoms with Gasteiger partial charge >= 0.3 is 0 Å². The molecule has 0 bridgehead atoms. The molecule has 1 aromatic carbocycles. The molecule has 0 aliphatic heterocycles. The summed E-state index contributed by atoms with van der Waals surface area (Å²) in [6.07, 6.45) is 4.66. The molecule has 25 heavy (non-hydrogen) atoms. The van der Waals surface area contributed by atoms with E-state index in [1.165, 1.54) is 28.3 Å². The van der Waals surface area contributed by atoms with Crippen LogP contribution in [0, 0.1) is 12.7 Å². The third kappa shape index (κ3) is 4.10. The number of halogens is 1. The summed E-state index contributed by atoms with van der Waals surface area (Å²) in [7, 11) is 0. The number of thiophene rings is 1. The molecule has 0 aliphatic rings. The lowest BCUT2D eigenvalue weighted by atomic mass is 10.2. The fourth-order valence-electron chi connectivity index (χ4n) is 2.21. The molecule has 6 nitrogen and oxygen atoms in total. The van der Waals surface area contributed by atoms with E-state index in [4.69, 9.17) is 0 Å². The number of aromatic nitrogens is 2. The minimum absolute atomic E-state index is 0.194. The van der Waals surface area contributed by atoms with Gasteiger partial charge in [-0.05, 0) is 37.3 Å². The van der Waals surface area contributed by atoms with Crippen LogP contribution in [-0.2, 0) is 4.79 Å². The zero-order valence-electron chi connectivity index (χ0n) is 13.3. The highest BCUT2D eigenvalue weighted by molar-refractivity contribution is 7.13. The molecular weight excluding hydrogens is 343 g/mol. The molecule has 128 valence electrons. The molecule has 0 spiro atoms. The maximum atomic E-state index is 14.1. The van der Waals surface area contributed by atoms with Gasteiger partial charge in [-0.15, -0.1) is 11.3 Å². The summed E-state index contributed by atoms with van der Waals surface area (Å²) >= 11 is 1.35. The van der Waals surface area contributed by atoms with Gasteiger partial charge in [-0.25, -0.2) is 9.37 Å². The Morgan fingerprint density at radius 2 is 2.12 bits per heavy atom. The Hall–Kier alpha value is -3.00. The number of aryl methyl sites for hydroxylation is 1. The number of hydrogen-bond acceptors (Lipinski definition) is 4. The summed E-state index contributed by atoms with van der Waals surface area (Å²) < 4.78 is 15.7. The first-order chi connectivity index (χ1) is 12.0. The van der Waals surface area contributed by atoms with Crippen molar-refractivity contribution in [1.82, 2.24) is 14.9 Å². The molecule has 0 unspecified atom stereocenters. The van der Waals surface area contributed by atoms with Crippen molar-refractivity contribution in [3.8, 4) is 5.69 Å². The summed E-state index contributed by atoms with van der Waals surface area (Å²) in [6, 6.07) is 7.89. The van der Waals surface area contributed by atoms with Crippen LogP contribution in [0.1, 0.15) is 14.5 Å². The van der Waals surface area contributed by atoms with Crippen LogP contribution in [0.25, 0.3) is 5.69 Å². The molecule has 8 heteroatoms. The maximum Gasteiger partial charge on any atom is 0.261 e. The molecule has 2 amide bonds. The lowest BCUT2D eigenvalue weighted by Gasteiger charge is -2.09. The van der Waals surface area contributed by atoms with Crippen LogP contribution in [0.5, 0.6) is 0 Å². The zero-order valence-corrected chi connectivity index (χ0v) is 14.1. The van der Waals surface area contributed by atoms with Crippen LogP contribution in [0.3, 0.4) is 0 Å². The number of carbonyl (C=O) groups excluding carboxylic acids is 2. The molecule has 0 aliphatic carbocycles. The SMILES string of the molecule is Cc1ccc(C(=O)NCC(=O)Nc2ccc(-n3ccnc3)c(F)c2)s1. The van der Waals surface area contributed by atoms with E-state index in [0.29, 0.717) is 16.3 Å². The van der Waals surface area contributed by atoms with Crippen molar-refractivity contribution < 1.29 is 14.0 Å². The van der Waals surface area contributed by atoms with E-state index in [2.05, 4.69) is 15.6 Å². The Balaban J connectivity index is 1.58. The number of amides is 2. The minimum Gasteiger partial charge on any atom is -0.342 e. The second-order valence-electron chi connectivity index (χ2n) is 5.28. The van der Waals surface area contributed by atoms with Gasteiger partial charge in [0.15, 0.2) is 0 Å². The van der Waals surface area contributed by atoms with E-state index in [-0.39, 0.29) is 12.5 Å². The molecule has 0 saturated carbocycles. The smallest absolute Gasteiger partial charge is 0.261 e. The Labute approximate surface area is 147 Å². The van der Waals surface area contributed by atoms with E-state index < -0.39 is 11.7 Å². The standard InChI is InChI=1S/C17H15FN4O2S/c1-11-2-5-15(25-11)17(24)20-9-16(23)21-12-3-4-14(13(18)8-12)22-7-6-19-10-22/h2-8,10H,9H2,1H3,(H,20,24)(H,21,23). The molecular formula is C17H15FN4O2S. The van der Waals surface area contributed by atoms with Crippen molar-refractivity contribution in [3.63, 3.8) is 0 Å². The second kappa shape index (κ2) is 7.27. The van der Waals surface area contributed by atoms with Gasteiger partial charge in [0.2, 0.25) is 5.91 Å². The summed E-state index contributed by atoms with van der Waals surface area (Å²) in [4.78, 5) is 29.2. The number of anilines is 1. The Morgan fingerprint density at radius 3 is 2.76 bits per heavy atom. The third-order valence-electron chi connectivity index (χ3n) is 3.39. The predicted molar refractivity (Wildman–Crippen MR) is 93.5 cm³/mol. The number of nitrogens with one attached hydrogen (secondary N) is 2. The number of benzene rings is 1. The molecule has 0 atom stereocenters. The van der Waals surface area contributed by atoms with Gasteiger partial charge in [0.25, 0.3) is 5.91 Å². The topological polar surface area (TPSA) is 76.0 Å². The Kier molecular flexibility index (Phi) is 4.90. The van der Waals surface area contributed by atoms with Crippen LogP contribution in [0.4, 0.5) is 10.1 Å². The van der Waals surface area contributed by atoms with E-state index in [1.807, 2.05) is 13.0 Å². The highest BCUT2D eigenvalue weighted by Gasteiger charge is 2.11. The number of nitrogens with zero attached hydrogens (tertiary/aromatic N) is 2. The highest BCUT2D eigenvalue weighted by atomic mass is 32.1. The summed E-state index contributed by atoms with van der Waals surface area (Å²) in [5.41, 5.74) is 0.643. The van der Waals surface area contributed by atoms with E-state index in [0.717, 1.165) is 4.88 Å². The Bertz CT molecular complexity index is 905. The average Bonchev–Trinajstić information content (AvgIpc) is 3.24. The van der Waals surface area contributed by atoms with Crippen LogP contribution in [-0.4, -0.2) is 27.9 Å². The second-order valence-corrected chi connectivity index (χ2v) is 6.57. The summed E-state index contributed by atoms with van der Waals surface area (Å²) in [5, 5.41) is 5.09. The highest BCUT2D eigenvalue weighted by Crippen LogP contribution is 2.18. The van der Waals surface area contributed by atoms with Gasteiger partial charge in [-0.2, -0.15) is 0 Å². The largest absolute Gasteiger partial charge is 0.342 e. The minimum atomic E-state index is -0.492. The molecule has 2 N–H and O–H groups in total. The number of hydrogen-bond donors (Lipinski definition) is 2. The first-order valence-electron chi connectivity index (χ1n) is 7.45. The lowest BCUT2D eigenvalue weighted by molar-refractivity contribution is -0.115. The monoisotopic (exact) mass is 358 g/mol. The van der Waals surface area contributed by atoms with E-state index in [1.54, 1.807) is 30.6 Å². The van der Waals surface area contributed by atoms with E-state index in [9.17, 15) is 14.0 Å². The summed E-state index contributed by atoms with van der Waals surface area (Å²) in [5.74, 6) is -1.24. The van der Waals surface area contributed by atoms with Crippen LogP contribution < -0.4 is 10.6 Å². The molecule has 0 saturated heterocycles. The first-order valence-corrected chi connectivity index (χ1v) is 8.27. The molecule has 3 aromatic rings. The van der Waals surface area contributed by atoms with Crippen LogP contribution in [0.2, 0.25) is 0 Å². The Morgan fingerprint density at radius 1 is 1.28 bits per heavy atom. The van der Waals surface area contributed by atoms with Gasteiger partial charge in [-0.1, -0.05) is 0 Å². The first kappa shape index (κ1) is 16.8. The van der Waals surface area contributed by atoms with Gasteiger partial charge in [-0.3, -0.25) is 9.59 Å². The van der Waals surface area contributed by atoms with Gasteiger partial charge in [0.05, 0.1) is 23.4 Å². The van der Waals surface area contributed by atoms with Crippen molar-refractivity contribution in [1.29, 1.82) is 0 Å². The molecule has 2 aromatic heterocycles. The van der Waals surface area contributed by atoms with E-state index >= 15 is 0 Å². The lowest BCUT2D eigenvalue weighted by Crippen LogP contribution is -2.32. The van der Waals surface area contributed by atoms with Crippen molar-refractivity contribution >= 4 is 28.8 Å². The molecule has 0 radical (unpaired) electrons. The van der Waals surface area contributed by atoms with Crippen LogP contribution in [0.15, 0.2) is 49.1 Å². The number of carbonyl (C=O) groups is 2. The maximum absolute atomic E-state index is 14.1. The third-order valence-corrected chi connectivity index (χ3v) is 4.39. The fourth-order valence-corrected chi connectivity index (χ4v) is 2.99. The quantitative estimate of drug-likeness (QED) is 0.736. The van der Waals surface area contributed by atoms with Gasteiger partial charge in [0, 0.05) is 23.0 Å². The van der Waals surface area contributed by atoms with Crippen molar-refractivity contribution in [2.45, 2.75) is 6.92 Å². The normalized spacial score (nSPS) is 10.5. The molecule has 2 heterocycles. The predicted octanol–water partition coefficient (Wildman–Crippen LogP) is 2.75. The average molecular weight is 358 g/mol. The number of rotatable bonds is 5. The molecule has 3 rings (SSSR count). The van der Waals surface area contributed by atoms with Crippen molar-refractivity contribution in [2.24, 2.45) is 0 Å².